The average molecular weight is 253 g/mol. The zero-order valence-electron chi connectivity index (χ0n) is 9.82. The van der Waals surface area contributed by atoms with Crippen molar-refractivity contribution >= 4 is 29.6 Å². The maximum atomic E-state index is 10.9. The third kappa shape index (κ3) is 3.88. The van der Waals surface area contributed by atoms with Crippen molar-refractivity contribution in [1.82, 2.24) is 5.32 Å². The van der Waals surface area contributed by atoms with Gasteiger partial charge in [-0.15, -0.1) is 12.4 Å². The fourth-order valence-corrected chi connectivity index (χ4v) is 1.86. The van der Waals surface area contributed by atoms with Crippen molar-refractivity contribution in [1.29, 1.82) is 0 Å². The van der Waals surface area contributed by atoms with Crippen LogP contribution in [0.1, 0.15) is 18.9 Å². The van der Waals surface area contributed by atoms with Gasteiger partial charge >= 0.3 is 0 Å². The Labute approximate surface area is 108 Å². The number of rotatable bonds is 2. The van der Waals surface area contributed by atoms with E-state index < -0.39 is 0 Å². The normalized spacial score (nSPS) is 14.5. The number of carbonyl (C=O) groups is 1. The first-order valence-corrected chi connectivity index (χ1v) is 5.53. The van der Waals surface area contributed by atoms with E-state index in [0.29, 0.717) is 0 Å². The van der Waals surface area contributed by atoms with Gasteiger partial charge in [-0.2, -0.15) is 0 Å². The van der Waals surface area contributed by atoms with Gasteiger partial charge in [0.1, 0.15) is 0 Å². The quantitative estimate of drug-likeness (QED) is 0.849. The maximum Gasteiger partial charge on any atom is 0.221 e. The van der Waals surface area contributed by atoms with E-state index in [0.717, 1.165) is 25.2 Å². The lowest BCUT2D eigenvalue weighted by molar-refractivity contribution is -0.114. The second kappa shape index (κ2) is 6.42. The molecule has 0 aliphatic carbocycles. The molecule has 0 unspecified atom stereocenters. The van der Waals surface area contributed by atoms with Crippen molar-refractivity contribution in [2.24, 2.45) is 0 Å². The molecule has 2 rings (SSSR count). The van der Waals surface area contributed by atoms with Gasteiger partial charge < -0.3 is 10.6 Å². The third-order valence-corrected chi connectivity index (χ3v) is 2.64. The predicted octanol–water partition coefficient (Wildman–Crippen LogP) is 2.44. The van der Waals surface area contributed by atoms with Crippen LogP contribution in [0.5, 0.6) is 0 Å². The van der Waals surface area contributed by atoms with Gasteiger partial charge in [0, 0.05) is 19.2 Å². The molecule has 1 aromatic rings. The Morgan fingerprint density at radius 2 is 2.00 bits per heavy atom. The summed E-state index contributed by atoms with van der Waals surface area (Å²) in [4.78, 5) is 10.9. The van der Waals surface area contributed by atoms with E-state index in [2.05, 4.69) is 28.8 Å². The van der Waals surface area contributed by atoms with E-state index in [1.54, 1.807) is 0 Å². The number of carbonyl (C=O) groups excluding carboxylic acids is 1. The van der Waals surface area contributed by atoms with Crippen molar-refractivity contribution in [3.05, 3.63) is 35.9 Å². The smallest absolute Gasteiger partial charge is 0.221 e. The summed E-state index contributed by atoms with van der Waals surface area (Å²) in [7, 11) is 0. The van der Waals surface area contributed by atoms with Crippen molar-refractivity contribution in [3.63, 3.8) is 0 Å². The highest BCUT2D eigenvalue weighted by Gasteiger charge is 2.05. The van der Waals surface area contributed by atoms with Crippen LogP contribution >= 0.6 is 12.4 Å². The fourth-order valence-electron chi connectivity index (χ4n) is 1.86. The molecule has 0 radical (unpaired) electrons. The molecule has 2 N–H and O–H groups in total. The summed E-state index contributed by atoms with van der Waals surface area (Å²) in [5.74, 6) is -0.0335. The molecule has 0 spiro atoms. The molecule has 0 aromatic heterocycles. The molecule has 0 bridgehead atoms. The predicted molar refractivity (Wildman–Crippen MR) is 73.5 cm³/mol. The van der Waals surface area contributed by atoms with Crippen LogP contribution in [-0.4, -0.2) is 19.0 Å². The van der Waals surface area contributed by atoms with E-state index in [4.69, 9.17) is 0 Å². The van der Waals surface area contributed by atoms with Crippen molar-refractivity contribution < 1.29 is 4.79 Å². The Bertz CT molecular complexity index is 412. The highest BCUT2D eigenvalue weighted by atomic mass is 35.5. The summed E-state index contributed by atoms with van der Waals surface area (Å²) in [6, 6.07) is 8.00. The molecule has 1 heterocycles. The summed E-state index contributed by atoms with van der Waals surface area (Å²) >= 11 is 0. The molecule has 1 aliphatic rings. The van der Waals surface area contributed by atoms with Gasteiger partial charge in [-0.25, -0.2) is 0 Å². The molecule has 0 saturated carbocycles. The van der Waals surface area contributed by atoms with E-state index in [1.165, 1.54) is 18.1 Å². The van der Waals surface area contributed by atoms with Crippen LogP contribution in [0.3, 0.4) is 0 Å². The summed E-state index contributed by atoms with van der Waals surface area (Å²) < 4.78 is 0. The molecule has 17 heavy (non-hydrogen) atoms. The summed E-state index contributed by atoms with van der Waals surface area (Å²) in [5, 5.41) is 6.05. The molecule has 1 aliphatic heterocycles. The minimum Gasteiger partial charge on any atom is -0.326 e. The van der Waals surface area contributed by atoms with Gasteiger partial charge in [0.15, 0.2) is 0 Å². The van der Waals surface area contributed by atoms with E-state index in [9.17, 15) is 4.79 Å². The van der Waals surface area contributed by atoms with Crippen LogP contribution in [-0.2, 0) is 4.79 Å². The molecule has 0 atom stereocenters. The number of halogens is 1. The highest BCUT2D eigenvalue weighted by molar-refractivity contribution is 5.88. The first-order valence-electron chi connectivity index (χ1n) is 5.53. The SMILES string of the molecule is CC(=O)Nc1ccc(C2=CCNCC2)cc1.Cl. The monoisotopic (exact) mass is 252 g/mol. The third-order valence-electron chi connectivity index (χ3n) is 2.64. The zero-order chi connectivity index (χ0) is 11.4. The van der Waals surface area contributed by atoms with E-state index >= 15 is 0 Å². The number of nitrogens with one attached hydrogen (secondary N) is 2. The number of hydrogen-bond acceptors (Lipinski definition) is 2. The number of amides is 1. The van der Waals surface area contributed by atoms with Gasteiger partial charge in [-0.1, -0.05) is 18.2 Å². The molecule has 92 valence electrons. The standard InChI is InChI=1S/C13H16N2O.ClH/c1-10(16)15-13-4-2-11(3-5-13)12-6-8-14-9-7-12;/h2-6,14H,7-9H2,1H3,(H,15,16);1H. The molecular weight excluding hydrogens is 236 g/mol. The number of anilines is 1. The lowest BCUT2D eigenvalue weighted by atomic mass is 10.0. The molecule has 1 aromatic carbocycles. The summed E-state index contributed by atoms with van der Waals surface area (Å²) in [6.07, 6.45) is 3.29. The van der Waals surface area contributed by atoms with Gasteiger partial charge in [-0.05, 0) is 36.2 Å². The maximum absolute atomic E-state index is 10.9. The number of hydrogen-bond donors (Lipinski definition) is 2. The van der Waals surface area contributed by atoms with Crippen LogP contribution < -0.4 is 10.6 Å². The second-order valence-electron chi connectivity index (χ2n) is 3.94. The van der Waals surface area contributed by atoms with Crippen LogP contribution in [0, 0.1) is 0 Å². The summed E-state index contributed by atoms with van der Waals surface area (Å²) in [6.45, 7) is 3.51. The van der Waals surface area contributed by atoms with Crippen LogP contribution in [0.15, 0.2) is 30.3 Å². The minimum atomic E-state index is -0.0335. The Kier molecular flexibility index (Phi) is 5.19. The Morgan fingerprint density at radius 3 is 2.53 bits per heavy atom. The van der Waals surface area contributed by atoms with E-state index in [1.807, 2.05) is 12.1 Å². The molecular formula is C13H17ClN2O. The molecule has 0 fully saturated rings. The highest BCUT2D eigenvalue weighted by Crippen LogP contribution is 2.21. The van der Waals surface area contributed by atoms with E-state index in [-0.39, 0.29) is 18.3 Å². The fraction of sp³-hybridized carbons (Fsp3) is 0.308. The average Bonchev–Trinajstić information content (AvgIpc) is 2.30. The van der Waals surface area contributed by atoms with Gasteiger partial charge in [0.25, 0.3) is 0 Å². The topological polar surface area (TPSA) is 41.1 Å². The van der Waals surface area contributed by atoms with Crippen LogP contribution in [0.2, 0.25) is 0 Å². The van der Waals surface area contributed by atoms with Gasteiger partial charge in [0.2, 0.25) is 5.91 Å². The van der Waals surface area contributed by atoms with Gasteiger partial charge in [0.05, 0.1) is 0 Å². The largest absolute Gasteiger partial charge is 0.326 e. The van der Waals surface area contributed by atoms with Crippen LogP contribution in [0.4, 0.5) is 5.69 Å². The second-order valence-corrected chi connectivity index (χ2v) is 3.94. The summed E-state index contributed by atoms with van der Waals surface area (Å²) in [5.41, 5.74) is 3.48. The van der Waals surface area contributed by atoms with Crippen molar-refractivity contribution in [3.8, 4) is 0 Å². The first-order chi connectivity index (χ1) is 7.75. The lowest BCUT2D eigenvalue weighted by Gasteiger charge is -2.14. The molecule has 0 saturated heterocycles. The Morgan fingerprint density at radius 1 is 1.29 bits per heavy atom. The molecule has 1 amide bonds. The Hall–Kier alpha value is -1.32. The van der Waals surface area contributed by atoms with Crippen LogP contribution in [0.25, 0.3) is 5.57 Å². The van der Waals surface area contributed by atoms with Gasteiger partial charge in [-0.3, -0.25) is 4.79 Å². The van der Waals surface area contributed by atoms with Crippen molar-refractivity contribution in [2.75, 3.05) is 18.4 Å². The number of benzene rings is 1. The minimum absolute atomic E-state index is 0. The molecule has 4 heteroatoms. The van der Waals surface area contributed by atoms with Crippen molar-refractivity contribution in [2.45, 2.75) is 13.3 Å². The lowest BCUT2D eigenvalue weighted by Crippen LogP contribution is -2.20. The molecule has 3 nitrogen and oxygen atoms in total. The Balaban J connectivity index is 0.00000144. The first kappa shape index (κ1) is 13.7. The zero-order valence-corrected chi connectivity index (χ0v) is 10.6.